The van der Waals surface area contributed by atoms with Gasteiger partial charge in [-0.1, -0.05) is 68.1 Å². The molecule has 1 aromatic carbocycles. The molecule has 0 aliphatic rings. The van der Waals surface area contributed by atoms with Crippen molar-refractivity contribution in [1.29, 1.82) is 0 Å². The number of aromatic nitrogens is 1. The van der Waals surface area contributed by atoms with Gasteiger partial charge < -0.3 is 10.6 Å². The maximum atomic E-state index is 12.5. The van der Waals surface area contributed by atoms with E-state index in [2.05, 4.69) is 28.8 Å². The third-order valence-electron chi connectivity index (χ3n) is 4.91. The summed E-state index contributed by atoms with van der Waals surface area (Å²) in [5.74, 6) is 0.617. The number of hydrogen-bond donors (Lipinski definition) is 2. The Bertz CT molecular complexity index is 1110. The molecule has 1 atom stereocenters. The van der Waals surface area contributed by atoms with Crippen molar-refractivity contribution in [3.8, 4) is 0 Å². The van der Waals surface area contributed by atoms with Crippen LogP contribution in [0, 0.1) is 5.92 Å². The predicted octanol–water partition coefficient (Wildman–Crippen LogP) is 6.76. The predicted molar refractivity (Wildman–Crippen MR) is 138 cm³/mol. The van der Waals surface area contributed by atoms with E-state index < -0.39 is 0 Å². The summed E-state index contributed by atoms with van der Waals surface area (Å²) in [6, 6.07) is 7.61. The lowest BCUT2D eigenvalue weighted by Crippen LogP contribution is -2.29. The molecule has 0 fully saturated rings. The first-order chi connectivity index (χ1) is 15.4. The van der Waals surface area contributed by atoms with Gasteiger partial charge in [-0.3, -0.25) is 4.79 Å². The fourth-order valence-electron chi connectivity index (χ4n) is 2.97. The summed E-state index contributed by atoms with van der Waals surface area (Å²) in [7, 11) is 0. The zero-order chi connectivity index (χ0) is 23.5. The first kappa shape index (κ1) is 24.9. The van der Waals surface area contributed by atoms with Gasteiger partial charge in [0.1, 0.15) is 5.82 Å². The molecule has 2 rings (SSSR count). The van der Waals surface area contributed by atoms with Crippen molar-refractivity contribution < 1.29 is 4.79 Å². The molecule has 1 aromatic heterocycles. The molecule has 2 aromatic rings. The van der Waals surface area contributed by atoms with Crippen molar-refractivity contribution in [3.05, 3.63) is 108 Å². The van der Waals surface area contributed by atoms with Gasteiger partial charge in [0.2, 0.25) is 0 Å². The van der Waals surface area contributed by atoms with Crippen LogP contribution in [-0.2, 0) is 4.79 Å². The maximum absolute atomic E-state index is 12.5. The maximum Gasteiger partial charge on any atom is 0.250 e. The van der Waals surface area contributed by atoms with E-state index in [1.54, 1.807) is 18.3 Å². The Labute approximate surface area is 195 Å². The Morgan fingerprint density at radius 3 is 2.72 bits per heavy atom. The number of halogens is 1. The normalized spacial score (nSPS) is 13.5. The third kappa shape index (κ3) is 7.10. The van der Waals surface area contributed by atoms with Crippen LogP contribution in [-0.4, -0.2) is 17.4 Å². The van der Waals surface area contributed by atoms with E-state index in [-0.39, 0.29) is 11.8 Å². The minimum absolute atomic E-state index is 0.140. The highest BCUT2D eigenvalue weighted by Crippen LogP contribution is 2.25. The minimum Gasteiger partial charge on any atom is -0.351 e. The third-order valence-corrected chi connectivity index (χ3v) is 5.15. The highest BCUT2D eigenvalue weighted by atomic mass is 35.5. The molecular weight excluding hydrogens is 418 g/mol. The van der Waals surface area contributed by atoms with Crippen LogP contribution in [0.2, 0.25) is 5.02 Å². The summed E-state index contributed by atoms with van der Waals surface area (Å²) in [4.78, 5) is 16.9. The Balaban J connectivity index is 2.02. The summed E-state index contributed by atoms with van der Waals surface area (Å²) < 4.78 is 0. The van der Waals surface area contributed by atoms with Crippen molar-refractivity contribution in [2.75, 3.05) is 11.9 Å². The SMILES string of the molecule is C=C/C(=C\C=C/C)C(C)CNC(=O)C(=C)/C=C\C(=C/C)Nc1nccc2ccc(Cl)cc12. The molecule has 0 bridgehead atoms. The smallest absolute Gasteiger partial charge is 0.250 e. The van der Waals surface area contributed by atoms with Gasteiger partial charge >= 0.3 is 0 Å². The minimum atomic E-state index is -0.215. The average molecular weight is 448 g/mol. The van der Waals surface area contributed by atoms with E-state index in [0.717, 1.165) is 22.0 Å². The van der Waals surface area contributed by atoms with Crippen LogP contribution in [0.5, 0.6) is 0 Å². The number of hydrogen-bond acceptors (Lipinski definition) is 3. The van der Waals surface area contributed by atoms with Crippen LogP contribution in [0.25, 0.3) is 10.8 Å². The van der Waals surface area contributed by atoms with Gasteiger partial charge in [0.05, 0.1) is 0 Å². The van der Waals surface area contributed by atoms with Gasteiger partial charge in [-0.2, -0.15) is 0 Å². The number of anilines is 1. The van der Waals surface area contributed by atoms with E-state index in [1.165, 1.54) is 0 Å². The molecule has 0 aliphatic carbocycles. The molecule has 1 unspecified atom stereocenters. The zero-order valence-corrected chi connectivity index (χ0v) is 19.6. The Kier molecular flexibility index (Phi) is 9.71. The topological polar surface area (TPSA) is 54.0 Å². The van der Waals surface area contributed by atoms with E-state index in [0.29, 0.717) is 23.0 Å². The monoisotopic (exact) mass is 447 g/mol. The highest BCUT2D eigenvalue weighted by molar-refractivity contribution is 6.31. The quantitative estimate of drug-likeness (QED) is 0.312. The molecule has 0 saturated heterocycles. The van der Waals surface area contributed by atoms with Crippen molar-refractivity contribution >= 4 is 34.1 Å². The number of amides is 1. The first-order valence-electron chi connectivity index (χ1n) is 10.5. The Hall–Kier alpha value is -3.37. The van der Waals surface area contributed by atoms with Crippen molar-refractivity contribution in [3.63, 3.8) is 0 Å². The van der Waals surface area contributed by atoms with Gasteiger partial charge in [-0.25, -0.2) is 4.98 Å². The molecule has 0 aliphatic heterocycles. The Morgan fingerprint density at radius 1 is 1.25 bits per heavy atom. The number of nitrogens with zero attached hydrogens (tertiary/aromatic N) is 1. The molecule has 166 valence electrons. The van der Waals surface area contributed by atoms with Gasteiger partial charge in [-0.05, 0) is 61.1 Å². The molecule has 1 heterocycles. The summed E-state index contributed by atoms with van der Waals surface area (Å²) in [6.07, 6.45) is 14.9. The van der Waals surface area contributed by atoms with Crippen LogP contribution in [0.4, 0.5) is 5.82 Å². The molecule has 2 N–H and O–H groups in total. The van der Waals surface area contributed by atoms with Crippen molar-refractivity contribution in [1.82, 2.24) is 10.3 Å². The van der Waals surface area contributed by atoms with Crippen LogP contribution < -0.4 is 10.6 Å². The van der Waals surface area contributed by atoms with E-state index >= 15 is 0 Å². The molecule has 0 radical (unpaired) electrons. The fourth-order valence-corrected chi connectivity index (χ4v) is 3.14. The molecule has 4 nitrogen and oxygen atoms in total. The van der Waals surface area contributed by atoms with E-state index in [4.69, 9.17) is 11.6 Å². The number of nitrogens with one attached hydrogen (secondary N) is 2. The number of rotatable bonds is 10. The van der Waals surface area contributed by atoms with Gasteiger partial charge in [0.25, 0.3) is 5.91 Å². The van der Waals surface area contributed by atoms with Crippen molar-refractivity contribution in [2.45, 2.75) is 20.8 Å². The molecular formula is C27H30ClN3O. The van der Waals surface area contributed by atoms with Crippen LogP contribution >= 0.6 is 11.6 Å². The standard InChI is InChI=1S/C27H30ClN3O/c1-6-9-10-21(7-2)20(5)18-30-27(32)19(4)11-14-24(8-3)31-26-25-17-23(28)13-12-22(25)15-16-29-26/h6-17,20H,2,4,18H2,1,3,5H3,(H,29,31)(H,30,32)/b9-6-,14-11-,21-10+,24-8+. The summed E-state index contributed by atoms with van der Waals surface area (Å²) in [5, 5.41) is 8.81. The number of carbonyl (C=O) groups excluding carboxylic acids is 1. The number of benzene rings is 1. The lowest BCUT2D eigenvalue weighted by atomic mass is 10.0. The van der Waals surface area contributed by atoms with Gasteiger partial charge in [-0.15, -0.1) is 0 Å². The molecule has 32 heavy (non-hydrogen) atoms. The Morgan fingerprint density at radius 2 is 2.03 bits per heavy atom. The largest absolute Gasteiger partial charge is 0.351 e. The number of carbonyl (C=O) groups is 1. The summed E-state index contributed by atoms with van der Waals surface area (Å²) >= 11 is 6.15. The number of fused-ring (bicyclic) bond motifs is 1. The second-order valence-corrected chi connectivity index (χ2v) is 7.70. The molecule has 0 spiro atoms. The number of pyridine rings is 1. The second kappa shape index (κ2) is 12.5. The summed E-state index contributed by atoms with van der Waals surface area (Å²) in [6.45, 7) is 14.1. The molecule has 0 saturated carbocycles. The number of allylic oxidation sites excluding steroid dienone is 6. The van der Waals surface area contributed by atoms with E-state index in [9.17, 15) is 4.79 Å². The lowest BCUT2D eigenvalue weighted by Gasteiger charge is -2.14. The fraction of sp³-hybridized carbons (Fsp3) is 0.185. The van der Waals surface area contributed by atoms with Crippen LogP contribution in [0.15, 0.2) is 103 Å². The average Bonchev–Trinajstić information content (AvgIpc) is 2.80. The van der Waals surface area contributed by atoms with Gasteiger partial charge in [0.15, 0.2) is 0 Å². The highest BCUT2D eigenvalue weighted by Gasteiger charge is 2.09. The van der Waals surface area contributed by atoms with Crippen LogP contribution in [0.3, 0.4) is 0 Å². The second-order valence-electron chi connectivity index (χ2n) is 7.26. The summed E-state index contributed by atoms with van der Waals surface area (Å²) in [5.41, 5.74) is 2.22. The first-order valence-corrected chi connectivity index (χ1v) is 10.9. The zero-order valence-electron chi connectivity index (χ0n) is 18.9. The molecule has 5 heteroatoms. The van der Waals surface area contributed by atoms with Crippen molar-refractivity contribution in [2.24, 2.45) is 5.92 Å². The lowest BCUT2D eigenvalue weighted by molar-refractivity contribution is -0.117. The van der Waals surface area contributed by atoms with Gasteiger partial charge in [0, 0.05) is 34.4 Å². The van der Waals surface area contributed by atoms with E-state index in [1.807, 2.05) is 75.4 Å². The van der Waals surface area contributed by atoms with Crippen LogP contribution in [0.1, 0.15) is 20.8 Å². The molecule has 1 amide bonds.